The van der Waals surface area contributed by atoms with Crippen molar-refractivity contribution >= 4 is 46.8 Å². The van der Waals surface area contributed by atoms with Crippen LogP contribution in [0.25, 0.3) is 0 Å². The topological polar surface area (TPSA) is 49.4 Å². The maximum atomic E-state index is 13.3. The second-order valence-electron chi connectivity index (χ2n) is 8.90. The molecule has 4 nitrogen and oxygen atoms in total. The van der Waals surface area contributed by atoms with E-state index in [4.69, 9.17) is 23.2 Å². The molecule has 0 aliphatic carbocycles. The van der Waals surface area contributed by atoms with Crippen LogP contribution >= 0.6 is 35.0 Å². The molecule has 2 rings (SSSR count). The molecule has 0 saturated heterocycles. The predicted molar refractivity (Wildman–Crippen MR) is 136 cm³/mol. The van der Waals surface area contributed by atoms with Crippen molar-refractivity contribution in [1.82, 2.24) is 10.2 Å². The minimum atomic E-state index is -0.539. The van der Waals surface area contributed by atoms with Crippen molar-refractivity contribution in [2.75, 3.05) is 5.75 Å². The number of nitrogens with zero attached hydrogens (tertiary/aromatic N) is 1. The number of carbonyl (C=O) groups excluding carboxylic acids is 2. The number of rotatable bonds is 9. The Morgan fingerprint density at radius 2 is 1.75 bits per heavy atom. The first kappa shape index (κ1) is 26.6. The molecule has 32 heavy (non-hydrogen) atoms. The molecule has 0 spiro atoms. The molecule has 1 atom stereocenters. The fourth-order valence-electron chi connectivity index (χ4n) is 3.23. The van der Waals surface area contributed by atoms with Crippen LogP contribution in [0.1, 0.15) is 50.8 Å². The van der Waals surface area contributed by atoms with Gasteiger partial charge in [0.05, 0.1) is 5.75 Å². The Labute approximate surface area is 206 Å². The van der Waals surface area contributed by atoms with Gasteiger partial charge in [-0.15, -0.1) is 11.8 Å². The Morgan fingerprint density at radius 1 is 1.09 bits per heavy atom. The molecule has 174 valence electrons. The van der Waals surface area contributed by atoms with E-state index >= 15 is 0 Å². The van der Waals surface area contributed by atoms with Crippen LogP contribution < -0.4 is 5.32 Å². The van der Waals surface area contributed by atoms with Crippen LogP contribution in [0, 0.1) is 6.92 Å². The third-order valence-corrected chi connectivity index (χ3v) is 6.41. The lowest BCUT2D eigenvalue weighted by atomic mass is 10.1. The molecule has 7 heteroatoms. The van der Waals surface area contributed by atoms with Crippen molar-refractivity contribution < 1.29 is 9.59 Å². The highest BCUT2D eigenvalue weighted by atomic mass is 35.5. The second kappa shape index (κ2) is 12.0. The van der Waals surface area contributed by atoms with E-state index in [-0.39, 0.29) is 23.1 Å². The summed E-state index contributed by atoms with van der Waals surface area (Å²) in [7, 11) is 0. The number of thioether (sulfide) groups is 1. The molecule has 0 radical (unpaired) electrons. The number of amides is 2. The van der Waals surface area contributed by atoms with E-state index < -0.39 is 6.04 Å². The summed E-state index contributed by atoms with van der Waals surface area (Å²) in [4.78, 5) is 28.0. The third-order valence-electron chi connectivity index (χ3n) is 4.86. The molecule has 0 fully saturated rings. The molecule has 2 amide bonds. The first-order valence-electron chi connectivity index (χ1n) is 10.7. The molecule has 0 heterocycles. The minimum Gasteiger partial charge on any atom is -0.350 e. The number of benzene rings is 2. The van der Waals surface area contributed by atoms with Gasteiger partial charge in [0.2, 0.25) is 11.8 Å². The van der Waals surface area contributed by atoms with Crippen molar-refractivity contribution in [3.8, 4) is 0 Å². The molecule has 2 aromatic carbocycles. The highest BCUT2D eigenvalue weighted by Crippen LogP contribution is 2.25. The zero-order valence-electron chi connectivity index (χ0n) is 19.4. The molecule has 0 unspecified atom stereocenters. The summed E-state index contributed by atoms with van der Waals surface area (Å²) in [6.07, 6.45) is 0.535. The minimum absolute atomic E-state index is 0.0726. The van der Waals surface area contributed by atoms with Gasteiger partial charge in [-0.1, -0.05) is 66.0 Å². The number of nitrogens with one attached hydrogen (secondary N) is 1. The van der Waals surface area contributed by atoms with Gasteiger partial charge in [0, 0.05) is 27.9 Å². The standard InChI is InChI=1S/C25H32Cl2N2O2S/c1-6-22(24(31)28-25(3,4)5)29(14-18-9-7-17(2)8-10-18)23(30)16-32-15-19-11-12-20(26)13-21(19)27/h7-13,22H,6,14-16H2,1-5H3,(H,28,31)/t22-/m0/s1. The van der Waals surface area contributed by atoms with Gasteiger partial charge in [0.15, 0.2) is 0 Å². The summed E-state index contributed by atoms with van der Waals surface area (Å²) in [5.74, 6) is 0.637. The third kappa shape index (κ3) is 8.34. The van der Waals surface area contributed by atoms with Crippen molar-refractivity contribution in [3.05, 3.63) is 69.2 Å². The molecule has 0 bridgehead atoms. The summed E-state index contributed by atoms with van der Waals surface area (Å²) in [5, 5.41) is 4.20. The van der Waals surface area contributed by atoms with Gasteiger partial charge in [0.1, 0.15) is 6.04 Å². The SMILES string of the molecule is CC[C@@H](C(=O)NC(C)(C)C)N(Cc1ccc(C)cc1)C(=O)CSCc1ccc(Cl)cc1Cl. The van der Waals surface area contributed by atoms with E-state index in [1.165, 1.54) is 11.8 Å². The number of carbonyl (C=O) groups is 2. The van der Waals surface area contributed by atoms with Crippen LogP contribution in [-0.4, -0.2) is 34.0 Å². The van der Waals surface area contributed by atoms with Crippen molar-refractivity contribution in [1.29, 1.82) is 0 Å². The van der Waals surface area contributed by atoms with E-state index in [1.807, 2.05) is 65.0 Å². The van der Waals surface area contributed by atoms with Crippen LogP contribution in [0.4, 0.5) is 0 Å². The fraction of sp³-hybridized carbons (Fsp3) is 0.440. The van der Waals surface area contributed by atoms with Crippen LogP contribution in [0.2, 0.25) is 10.0 Å². The van der Waals surface area contributed by atoms with Crippen molar-refractivity contribution in [3.63, 3.8) is 0 Å². The van der Waals surface area contributed by atoms with Crippen molar-refractivity contribution in [2.45, 2.75) is 64.9 Å². The molecule has 1 N–H and O–H groups in total. The van der Waals surface area contributed by atoms with Gasteiger partial charge in [0.25, 0.3) is 0 Å². The Morgan fingerprint density at radius 3 is 2.31 bits per heavy atom. The van der Waals surface area contributed by atoms with E-state index in [9.17, 15) is 9.59 Å². The maximum Gasteiger partial charge on any atom is 0.243 e. The van der Waals surface area contributed by atoms with Gasteiger partial charge in [-0.3, -0.25) is 9.59 Å². The molecule has 0 aliphatic rings. The number of aryl methyl sites for hydroxylation is 1. The first-order chi connectivity index (χ1) is 15.0. The molecule has 0 aromatic heterocycles. The van der Waals surface area contributed by atoms with E-state index in [0.717, 1.165) is 16.7 Å². The first-order valence-corrected chi connectivity index (χ1v) is 12.6. The number of halogens is 2. The van der Waals surface area contributed by atoms with E-state index in [0.29, 0.717) is 28.8 Å². The maximum absolute atomic E-state index is 13.3. The zero-order valence-corrected chi connectivity index (χ0v) is 21.7. The van der Waals surface area contributed by atoms with Crippen molar-refractivity contribution in [2.24, 2.45) is 0 Å². The van der Waals surface area contributed by atoms with Crippen LogP contribution in [-0.2, 0) is 21.9 Å². The predicted octanol–water partition coefficient (Wildman–Crippen LogP) is 6.26. The fourth-order valence-corrected chi connectivity index (χ4v) is 4.70. The molecule has 0 aliphatic heterocycles. The largest absolute Gasteiger partial charge is 0.350 e. The second-order valence-corrected chi connectivity index (χ2v) is 10.7. The monoisotopic (exact) mass is 494 g/mol. The van der Waals surface area contributed by atoms with E-state index in [1.54, 1.807) is 17.0 Å². The molecule has 2 aromatic rings. The summed E-state index contributed by atoms with van der Waals surface area (Å²) in [6.45, 7) is 10.2. The number of hydrogen-bond acceptors (Lipinski definition) is 3. The summed E-state index contributed by atoms with van der Waals surface area (Å²) in [5.41, 5.74) is 2.70. The quantitative estimate of drug-likeness (QED) is 0.447. The average Bonchev–Trinajstić information content (AvgIpc) is 2.69. The van der Waals surface area contributed by atoms with Crippen LogP contribution in [0.3, 0.4) is 0 Å². The Bertz CT molecular complexity index is 927. The summed E-state index contributed by atoms with van der Waals surface area (Å²) in [6, 6.07) is 12.9. The van der Waals surface area contributed by atoms with E-state index in [2.05, 4.69) is 5.32 Å². The summed E-state index contributed by atoms with van der Waals surface area (Å²) < 4.78 is 0. The van der Waals surface area contributed by atoms with Gasteiger partial charge in [-0.25, -0.2) is 0 Å². The number of hydrogen-bond donors (Lipinski definition) is 1. The van der Waals surface area contributed by atoms with Crippen LogP contribution in [0.5, 0.6) is 0 Å². The molecular formula is C25H32Cl2N2O2S. The molecule has 0 saturated carbocycles. The zero-order chi connectivity index (χ0) is 23.9. The van der Waals surface area contributed by atoms with Gasteiger partial charge >= 0.3 is 0 Å². The Hall–Kier alpha value is -1.69. The Balaban J connectivity index is 2.16. The van der Waals surface area contributed by atoms with Gasteiger partial charge in [-0.05, 0) is 57.4 Å². The Kier molecular flexibility index (Phi) is 9.93. The van der Waals surface area contributed by atoms with Gasteiger partial charge < -0.3 is 10.2 Å². The average molecular weight is 496 g/mol. The van der Waals surface area contributed by atoms with Crippen LogP contribution in [0.15, 0.2) is 42.5 Å². The highest BCUT2D eigenvalue weighted by molar-refractivity contribution is 7.99. The summed E-state index contributed by atoms with van der Waals surface area (Å²) >= 11 is 13.7. The molecular weight excluding hydrogens is 463 g/mol. The normalized spacial score (nSPS) is 12.3. The van der Waals surface area contributed by atoms with Gasteiger partial charge in [-0.2, -0.15) is 0 Å². The smallest absolute Gasteiger partial charge is 0.243 e. The highest BCUT2D eigenvalue weighted by Gasteiger charge is 2.30. The lowest BCUT2D eigenvalue weighted by Gasteiger charge is -2.33. The lowest BCUT2D eigenvalue weighted by molar-refractivity contribution is -0.140. The lowest BCUT2D eigenvalue weighted by Crippen LogP contribution is -2.53.